The van der Waals surface area contributed by atoms with Gasteiger partial charge in [-0.15, -0.1) is 0 Å². The van der Waals surface area contributed by atoms with E-state index in [4.69, 9.17) is 0 Å². The number of hydrogen-bond donors (Lipinski definition) is 0. The predicted octanol–water partition coefficient (Wildman–Crippen LogP) is 5.40. The summed E-state index contributed by atoms with van der Waals surface area (Å²) in [5, 5.41) is 0. The standard InChI is InChI=1S/C15H26/c1-14-11-9-7-5-3-4-6-8-10-12-15(2)13-14/h13H,1,3-12H2,2H3/b15-13-. The molecular formula is C15H26. The molecule has 1 aliphatic carbocycles. The van der Waals surface area contributed by atoms with Crippen LogP contribution in [0.25, 0.3) is 0 Å². The van der Waals surface area contributed by atoms with E-state index >= 15 is 0 Å². The Morgan fingerprint density at radius 1 is 0.800 bits per heavy atom. The third-order valence-corrected chi connectivity index (χ3v) is 3.27. The second-order valence-corrected chi connectivity index (χ2v) is 4.98. The Labute approximate surface area is 95.5 Å². The monoisotopic (exact) mass is 206 g/mol. The summed E-state index contributed by atoms with van der Waals surface area (Å²) in [6, 6.07) is 0. The molecule has 0 heteroatoms. The molecule has 0 saturated heterocycles. The molecule has 0 aromatic carbocycles. The van der Waals surface area contributed by atoms with Crippen LogP contribution >= 0.6 is 0 Å². The summed E-state index contributed by atoms with van der Waals surface area (Å²) in [7, 11) is 0. The third kappa shape index (κ3) is 6.54. The summed E-state index contributed by atoms with van der Waals surface area (Å²) in [6.07, 6.45) is 16.1. The minimum absolute atomic E-state index is 1.21. The molecule has 1 rings (SSSR count). The molecule has 0 aliphatic heterocycles. The Morgan fingerprint density at radius 2 is 1.27 bits per heavy atom. The topological polar surface area (TPSA) is 0 Å². The van der Waals surface area contributed by atoms with Gasteiger partial charge in [-0.1, -0.05) is 62.3 Å². The predicted molar refractivity (Wildman–Crippen MR) is 69.1 cm³/mol. The fourth-order valence-corrected chi connectivity index (χ4v) is 2.31. The highest BCUT2D eigenvalue weighted by molar-refractivity contribution is 5.19. The summed E-state index contributed by atoms with van der Waals surface area (Å²) in [6.45, 7) is 6.39. The van der Waals surface area contributed by atoms with Gasteiger partial charge in [-0.25, -0.2) is 0 Å². The first-order chi connectivity index (χ1) is 7.29. The summed E-state index contributed by atoms with van der Waals surface area (Å²) in [5.74, 6) is 0. The molecule has 0 radical (unpaired) electrons. The first kappa shape index (κ1) is 12.5. The minimum Gasteiger partial charge on any atom is -0.0958 e. The second kappa shape index (κ2) is 7.73. The SMILES string of the molecule is C=C1/C=C(/C)CCCCCCCCCC1. The van der Waals surface area contributed by atoms with Crippen LogP contribution in [0.2, 0.25) is 0 Å². The molecule has 0 atom stereocenters. The van der Waals surface area contributed by atoms with E-state index in [0.717, 1.165) is 0 Å². The van der Waals surface area contributed by atoms with Gasteiger partial charge in [0.1, 0.15) is 0 Å². The molecule has 0 nitrogen and oxygen atoms in total. The van der Waals surface area contributed by atoms with Crippen LogP contribution in [0, 0.1) is 0 Å². The molecule has 0 aromatic heterocycles. The van der Waals surface area contributed by atoms with Gasteiger partial charge in [0, 0.05) is 0 Å². The van der Waals surface area contributed by atoms with Gasteiger partial charge in [-0.05, 0) is 32.6 Å². The van der Waals surface area contributed by atoms with Gasteiger partial charge < -0.3 is 0 Å². The first-order valence-electron chi connectivity index (χ1n) is 6.64. The maximum atomic E-state index is 4.14. The summed E-state index contributed by atoms with van der Waals surface area (Å²) >= 11 is 0. The van der Waals surface area contributed by atoms with Crippen LogP contribution in [0.5, 0.6) is 0 Å². The molecule has 0 heterocycles. The highest BCUT2D eigenvalue weighted by Crippen LogP contribution is 2.18. The van der Waals surface area contributed by atoms with Crippen LogP contribution < -0.4 is 0 Å². The Hall–Kier alpha value is -0.520. The van der Waals surface area contributed by atoms with Crippen molar-refractivity contribution in [1.82, 2.24) is 0 Å². The Bertz CT molecular complexity index is 210. The molecule has 0 N–H and O–H groups in total. The smallest absolute Gasteiger partial charge is 0.0285 e. The summed E-state index contributed by atoms with van der Waals surface area (Å²) in [5.41, 5.74) is 2.87. The lowest BCUT2D eigenvalue weighted by molar-refractivity contribution is 0.570. The van der Waals surface area contributed by atoms with Crippen LogP contribution in [-0.4, -0.2) is 0 Å². The lowest BCUT2D eigenvalue weighted by Gasteiger charge is -2.03. The van der Waals surface area contributed by atoms with Gasteiger partial charge >= 0.3 is 0 Å². The Balaban J connectivity index is 2.37. The third-order valence-electron chi connectivity index (χ3n) is 3.27. The van der Waals surface area contributed by atoms with Crippen LogP contribution in [-0.2, 0) is 0 Å². The molecular weight excluding hydrogens is 180 g/mol. The van der Waals surface area contributed by atoms with Crippen molar-refractivity contribution in [3.63, 3.8) is 0 Å². The van der Waals surface area contributed by atoms with Crippen molar-refractivity contribution < 1.29 is 0 Å². The van der Waals surface area contributed by atoms with Gasteiger partial charge in [0.05, 0.1) is 0 Å². The molecule has 0 unspecified atom stereocenters. The zero-order valence-corrected chi connectivity index (χ0v) is 10.4. The quantitative estimate of drug-likeness (QED) is 0.497. The number of hydrogen-bond acceptors (Lipinski definition) is 0. The van der Waals surface area contributed by atoms with E-state index in [0.29, 0.717) is 0 Å². The van der Waals surface area contributed by atoms with Gasteiger partial charge in [-0.3, -0.25) is 0 Å². The summed E-state index contributed by atoms with van der Waals surface area (Å²) in [4.78, 5) is 0. The lowest BCUT2D eigenvalue weighted by atomic mass is 10.0. The van der Waals surface area contributed by atoms with Crippen LogP contribution in [0.15, 0.2) is 23.8 Å². The maximum Gasteiger partial charge on any atom is -0.0285 e. The van der Waals surface area contributed by atoms with Crippen molar-refractivity contribution in [3.05, 3.63) is 23.8 Å². The average molecular weight is 206 g/mol. The van der Waals surface area contributed by atoms with Gasteiger partial charge in [0.15, 0.2) is 0 Å². The molecule has 1 aliphatic rings. The van der Waals surface area contributed by atoms with Crippen molar-refractivity contribution in [1.29, 1.82) is 0 Å². The number of allylic oxidation sites excluding steroid dienone is 3. The molecule has 15 heavy (non-hydrogen) atoms. The van der Waals surface area contributed by atoms with Gasteiger partial charge in [0.25, 0.3) is 0 Å². The fourth-order valence-electron chi connectivity index (χ4n) is 2.31. The average Bonchev–Trinajstić information content (AvgIpc) is 2.21. The molecule has 0 aromatic rings. The maximum absolute atomic E-state index is 4.14. The van der Waals surface area contributed by atoms with Crippen molar-refractivity contribution in [3.8, 4) is 0 Å². The molecule has 0 bridgehead atoms. The van der Waals surface area contributed by atoms with E-state index in [-0.39, 0.29) is 0 Å². The van der Waals surface area contributed by atoms with E-state index in [1.54, 1.807) is 0 Å². The first-order valence-corrected chi connectivity index (χ1v) is 6.64. The van der Waals surface area contributed by atoms with Gasteiger partial charge in [-0.2, -0.15) is 0 Å². The van der Waals surface area contributed by atoms with Crippen molar-refractivity contribution in [2.24, 2.45) is 0 Å². The lowest BCUT2D eigenvalue weighted by Crippen LogP contribution is -1.82. The van der Waals surface area contributed by atoms with Crippen LogP contribution in [0.1, 0.15) is 71.1 Å². The summed E-state index contributed by atoms with van der Waals surface area (Å²) < 4.78 is 0. The fraction of sp³-hybridized carbons (Fsp3) is 0.733. The van der Waals surface area contributed by atoms with Crippen molar-refractivity contribution in [2.45, 2.75) is 71.1 Å². The van der Waals surface area contributed by atoms with E-state index in [9.17, 15) is 0 Å². The van der Waals surface area contributed by atoms with Gasteiger partial charge in [0.2, 0.25) is 0 Å². The Kier molecular flexibility index (Phi) is 6.47. The molecule has 0 fully saturated rings. The van der Waals surface area contributed by atoms with Crippen molar-refractivity contribution >= 4 is 0 Å². The molecule has 0 amide bonds. The minimum atomic E-state index is 1.21. The van der Waals surface area contributed by atoms with E-state index in [1.165, 1.54) is 75.4 Å². The van der Waals surface area contributed by atoms with Crippen LogP contribution in [0.4, 0.5) is 0 Å². The van der Waals surface area contributed by atoms with E-state index < -0.39 is 0 Å². The number of rotatable bonds is 0. The molecule has 0 saturated carbocycles. The zero-order valence-electron chi connectivity index (χ0n) is 10.4. The van der Waals surface area contributed by atoms with E-state index in [1.807, 2.05) is 0 Å². The highest BCUT2D eigenvalue weighted by Gasteiger charge is 1.98. The highest BCUT2D eigenvalue weighted by atomic mass is 14.0. The molecule has 86 valence electrons. The Morgan fingerprint density at radius 3 is 1.87 bits per heavy atom. The normalized spacial score (nSPS) is 25.7. The van der Waals surface area contributed by atoms with E-state index in [2.05, 4.69) is 19.6 Å². The molecule has 0 spiro atoms. The largest absolute Gasteiger partial charge is 0.0958 e. The van der Waals surface area contributed by atoms with Crippen LogP contribution in [0.3, 0.4) is 0 Å². The second-order valence-electron chi connectivity index (χ2n) is 4.98. The zero-order chi connectivity index (χ0) is 10.9. The van der Waals surface area contributed by atoms with Crippen molar-refractivity contribution in [2.75, 3.05) is 0 Å².